The van der Waals surface area contributed by atoms with Crippen molar-refractivity contribution in [3.05, 3.63) is 24.4 Å². The predicted octanol–water partition coefficient (Wildman–Crippen LogP) is 1.69. The number of rotatable bonds is 3. The fourth-order valence-corrected chi connectivity index (χ4v) is 2.11. The molecule has 0 aliphatic carbocycles. The standard InChI is InChI=1S/C12H15N3O/c1-2-10(13-5-1)8-16-11-3-4-12-9(6-11)7-14-15-12/h3-4,6-7,10,13H,1-2,5,8H2,(H,14,15). The Morgan fingerprint density at radius 2 is 2.44 bits per heavy atom. The Kier molecular flexibility index (Phi) is 2.50. The van der Waals surface area contributed by atoms with Crippen LogP contribution in [0.15, 0.2) is 24.4 Å². The highest BCUT2D eigenvalue weighted by Crippen LogP contribution is 2.19. The summed E-state index contributed by atoms with van der Waals surface area (Å²) in [5.41, 5.74) is 1.05. The highest BCUT2D eigenvalue weighted by molar-refractivity contribution is 5.79. The van der Waals surface area contributed by atoms with Gasteiger partial charge in [-0.3, -0.25) is 5.10 Å². The van der Waals surface area contributed by atoms with E-state index in [1.165, 1.54) is 12.8 Å². The van der Waals surface area contributed by atoms with Crippen molar-refractivity contribution in [1.82, 2.24) is 15.5 Å². The Hall–Kier alpha value is -1.55. The van der Waals surface area contributed by atoms with E-state index in [4.69, 9.17) is 4.74 Å². The Labute approximate surface area is 94.0 Å². The van der Waals surface area contributed by atoms with Crippen molar-refractivity contribution in [2.24, 2.45) is 0 Å². The molecule has 1 aliphatic heterocycles. The van der Waals surface area contributed by atoms with Crippen LogP contribution in [0.1, 0.15) is 12.8 Å². The molecule has 1 saturated heterocycles. The summed E-state index contributed by atoms with van der Waals surface area (Å²) >= 11 is 0. The minimum absolute atomic E-state index is 0.514. The van der Waals surface area contributed by atoms with Gasteiger partial charge in [0.25, 0.3) is 0 Å². The summed E-state index contributed by atoms with van der Waals surface area (Å²) in [6.45, 7) is 1.87. The Morgan fingerprint density at radius 3 is 3.31 bits per heavy atom. The van der Waals surface area contributed by atoms with Crippen LogP contribution in [0.3, 0.4) is 0 Å². The molecule has 4 nitrogen and oxygen atoms in total. The number of nitrogens with zero attached hydrogens (tertiary/aromatic N) is 1. The average molecular weight is 217 g/mol. The van der Waals surface area contributed by atoms with E-state index in [9.17, 15) is 0 Å². The molecule has 2 heterocycles. The van der Waals surface area contributed by atoms with Gasteiger partial charge in [0.1, 0.15) is 12.4 Å². The van der Waals surface area contributed by atoms with Crippen LogP contribution in [0.25, 0.3) is 10.9 Å². The minimum Gasteiger partial charge on any atom is -0.492 e. The van der Waals surface area contributed by atoms with Crippen LogP contribution >= 0.6 is 0 Å². The highest BCUT2D eigenvalue weighted by Gasteiger charge is 2.14. The van der Waals surface area contributed by atoms with Crippen LogP contribution < -0.4 is 10.1 Å². The van der Waals surface area contributed by atoms with Gasteiger partial charge in [-0.15, -0.1) is 0 Å². The summed E-state index contributed by atoms with van der Waals surface area (Å²) in [5.74, 6) is 0.919. The van der Waals surface area contributed by atoms with Crippen LogP contribution in [0, 0.1) is 0 Å². The molecule has 16 heavy (non-hydrogen) atoms. The number of fused-ring (bicyclic) bond motifs is 1. The Bertz CT molecular complexity index is 474. The minimum atomic E-state index is 0.514. The summed E-state index contributed by atoms with van der Waals surface area (Å²) in [6.07, 6.45) is 4.29. The lowest BCUT2D eigenvalue weighted by Gasteiger charge is -2.11. The van der Waals surface area contributed by atoms with Gasteiger partial charge in [-0.25, -0.2) is 0 Å². The van der Waals surface area contributed by atoms with E-state index < -0.39 is 0 Å². The lowest BCUT2D eigenvalue weighted by Crippen LogP contribution is -2.28. The number of H-pyrrole nitrogens is 1. The fraction of sp³-hybridized carbons (Fsp3) is 0.417. The smallest absolute Gasteiger partial charge is 0.120 e. The first-order chi connectivity index (χ1) is 7.92. The molecule has 3 rings (SSSR count). The van der Waals surface area contributed by atoms with E-state index in [-0.39, 0.29) is 0 Å². The highest BCUT2D eigenvalue weighted by atomic mass is 16.5. The van der Waals surface area contributed by atoms with Crippen molar-refractivity contribution < 1.29 is 4.74 Å². The van der Waals surface area contributed by atoms with Crippen LogP contribution in [0.4, 0.5) is 0 Å². The number of aromatic amines is 1. The van der Waals surface area contributed by atoms with Gasteiger partial charge in [0.15, 0.2) is 0 Å². The molecule has 0 bridgehead atoms. The van der Waals surface area contributed by atoms with Crippen molar-refractivity contribution in [1.29, 1.82) is 0 Å². The van der Waals surface area contributed by atoms with E-state index in [1.54, 1.807) is 0 Å². The van der Waals surface area contributed by atoms with Gasteiger partial charge in [0, 0.05) is 11.4 Å². The number of nitrogens with one attached hydrogen (secondary N) is 2. The molecule has 1 unspecified atom stereocenters. The SMILES string of the molecule is c1cc2[nH]ncc2cc1OCC1CCCN1. The van der Waals surface area contributed by atoms with Gasteiger partial charge in [0.05, 0.1) is 11.7 Å². The molecule has 1 fully saturated rings. The summed E-state index contributed by atoms with van der Waals surface area (Å²) in [7, 11) is 0. The average Bonchev–Trinajstić information content (AvgIpc) is 2.97. The van der Waals surface area contributed by atoms with Crippen LogP contribution in [-0.2, 0) is 0 Å². The molecule has 1 aromatic carbocycles. The first-order valence-electron chi connectivity index (χ1n) is 5.71. The largest absolute Gasteiger partial charge is 0.492 e. The van der Waals surface area contributed by atoms with Crippen molar-refractivity contribution in [2.45, 2.75) is 18.9 Å². The summed E-state index contributed by atoms with van der Waals surface area (Å²) in [4.78, 5) is 0. The topological polar surface area (TPSA) is 49.9 Å². The van der Waals surface area contributed by atoms with E-state index >= 15 is 0 Å². The monoisotopic (exact) mass is 217 g/mol. The number of ether oxygens (including phenoxy) is 1. The maximum Gasteiger partial charge on any atom is 0.120 e. The van der Waals surface area contributed by atoms with Crippen LogP contribution in [0.2, 0.25) is 0 Å². The maximum atomic E-state index is 5.76. The number of hydrogen-bond acceptors (Lipinski definition) is 3. The van der Waals surface area contributed by atoms with Crippen molar-refractivity contribution in [3.63, 3.8) is 0 Å². The van der Waals surface area contributed by atoms with Crippen LogP contribution in [0.5, 0.6) is 5.75 Å². The molecule has 2 N–H and O–H groups in total. The quantitative estimate of drug-likeness (QED) is 0.822. The first-order valence-corrected chi connectivity index (χ1v) is 5.71. The third kappa shape index (κ3) is 1.88. The molecule has 0 spiro atoms. The fourth-order valence-electron chi connectivity index (χ4n) is 2.11. The van der Waals surface area contributed by atoms with Gasteiger partial charge in [-0.05, 0) is 37.6 Å². The lowest BCUT2D eigenvalue weighted by molar-refractivity contribution is 0.277. The van der Waals surface area contributed by atoms with E-state index in [2.05, 4.69) is 15.5 Å². The number of benzene rings is 1. The molecule has 0 amide bonds. The van der Waals surface area contributed by atoms with E-state index in [0.717, 1.165) is 29.8 Å². The third-order valence-corrected chi connectivity index (χ3v) is 3.03. The summed E-state index contributed by atoms with van der Waals surface area (Å²) < 4.78 is 5.76. The number of hydrogen-bond donors (Lipinski definition) is 2. The predicted molar refractivity (Wildman–Crippen MR) is 62.6 cm³/mol. The molecule has 84 valence electrons. The summed E-state index contributed by atoms with van der Waals surface area (Å²) in [6, 6.07) is 6.52. The second-order valence-corrected chi connectivity index (χ2v) is 4.22. The molecule has 1 aromatic heterocycles. The second-order valence-electron chi connectivity index (χ2n) is 4.22. The molecule has 1 atom stereocenters. The molecular formula is C12H15N3O. The van der Waals surface area contributed by atoms with Crippen molar-refractivity contribution >= 4 is 10.9 Å². The van der Waals surface area contributed by atoms with Crippen molar-refractivity contribution in [2.75, 3.05) is 13.2 Å². The second kappa shape index (κ2) is 4.14. The third-order valence-electron chi connectivity index (χ3n) is 3.03. The van der Waals surface area contributed by atoms with E-state index in [0.29, 0.717) is 6.04 Å². The first kappa shape index (κ1) is 9.66. The Balaban J connectivity index is 1.68. The zero-order valence-electron chi connectivity index (χ0n) is 9.07. The van der Waals surface area contributed by atoms with E-state index in [1.807, 2.05) is 24.4 Å². The normalized spacial score (nSPS) is 20.4. The maximum absolute atomic E-state index is 5.76. The van der Waals surface area contributed by atoms with Gasteiger partial charge < -0.3 is 10.1 Å². The molecule has 1 aliphatic rings. The molecule has 0 saturated carbocycles. The lowest BCUT2D eigenvalue weighted by atomic mass is 10.2. The zero-order valence-corrected chi connectivity index (χ0v) is 9.07. The van der Waals surface area contributed by atoms with Gasteiger partial charge in [0.2, 0.25) is 0 Å². The zero-order chi connectivity index (χ0) is 10.8. The molecular weight excluding hydrogens is 202 g/mol. The summed E-state index contributed by atoms with van der Waals surface area (Å²) in [5, 5.41) is 11.4. The van der Waals surface area contributed by atoms with Gasteiger partial charge in [-0.2, -0.15) is 5.10 Å². The van der Waals surface area contributed by atoms with Crippen LogP contribution in [-0.4, -0.2) is 29.4 Å². The Morgan fingerprint density at radius 1 is 1.44 bits per heavy atom. The van der Waals surface area contributed by atoms with Gasteiger partial charge in [-0.1, -0.05) is 0 Å². The molecule has 0 radical (unpaired) electrons. The molecule has 2 aromatic rings. The number of aromatic nitrogens is 2. The molecule has 4 heteroatoms. The van der Waals surface area contributed by atoms with Crippen molar-refractivity contribution in [3.8, 4) is 5.75 Å². The van der Waals surface area contributed by atoms with Gasteiger partial charge >= 0.3 is 0 Å².